The number of carbonyl (C=O) groups is 1. The van der Waals surface area contributed by atoms with Crippen molar-refractivity contribution in [2.24, 2.45) is 0 Å². The third kappa shape index (κ3) is 3.59. The number of carboxylic acid groups (broad SMARTS) is 1. The van der Waals surface area contributed by atoms with E-state index in [9.17, 15) is 14.7 Å². The van der Waals surface area contributed by atoms with E-state index in [0.717, 1.165) is 17.5 Å². The molecule has 2 atom stereocenters. The first-order valence-electron chi connectivity index (χ1n) is 10.3. The molecular weight excluding hydrogens is 402 g/mol. The quantitative estimate of drug-likeness (QED) is 0.676. The number of aromatic carboxylic acids is 1. The van der Waals surface area contributed by atoms with E-state index in [1.54, 1.807) is 14.2 Å². The van der Waals surface area contributed by atoms with Gasteiger partial charge in [0.15, 0.2) is 16.9 Å². The van der Waals surface area contributed by atoms with Crippen molar-refractivity contribution < 1.29 is 28.8 Å². The van der Waals surface area contributed by atoms with E-state index in [4.69, 9.17) is 18.9 Å². The van der Waals surface area contributed by atoms with E-state index < -0.39 is 17.0 Å². The predicted octanol–water partition coefficient (Wildman–Crippen LogP) is 3.08. The summed E-state index contributed by atoms with van der Waals surface area (Å²) < 4.78 is 24.6. The first-order chi connectivity index (χ1) is 14.8. The fourth-order valence-electron chi connectivity index (χ4n) is 4.67. The Bertz CT molecular complexity index is 1070. The van der Waals surface area contributed by atoms with Crippen molar-refractivity contribution in [1.29, 1.82) is 0 Å². The number of methoxy groups -OCH3 is 2. The average Bonchev–Trinajstić information content (AvgIpc) is 3.05. The summed E-state index contributed by atoms with van der Waals surface area (Å²) in [5.74, 6) is -0.0847. The standard InChI is InChI=1S/C23H27NO7/c1-23(2)21-16(12-31-23)13-8-20(30-7-5-6-28-3)19(29-4)9-14(13)17-10-18(25)15(22(26)27)11-24(17)21/h8-11,16,21H,5-7,12H2,1-4H3,(H,26,27)/t16-,21?/m1/s1. The first-order valence-corrected chi connectivity index (χ1v) is 10.3. The highest BCUT2D eigenvalue weighted by atomic mass is 16.5. The number of carboxylic acids is 1. The molecule has 4 rings (SSSR count). The summed E-state index contributed by atoms with van der Waals surface area (Å²) in [4.78, 5) is 24.1. The minimum absolute atomic E-state index is 0.0196. The Balaban J connectivity index is 1.88. The molecule has 2 aliphatic rings. The monoisotopic (exact) mass is 429 g/mol. The number of pyridine rings is 1. The molecule has 1 aromatic heterocycles. The summed E-state index contributed by atoms with van der Waals surface area (Å²) in [5.41, 5.74) is 1.14. The van der Waals surface area contributed by atoms with Crippen LogP contribution in [0.1, 0.15) is 48.1 Å². The molecule has 1 fully saturated rings. The molecule has 1 aromatic carbocycles. The summed E-state index contributed by atoms with van der Waals surface area (Å²) in [6.45, 7) is 5.53. The van der Waals surface area contributed by atoms with E-state index in [1.807, 2.05) is 30.5 Å². The van der Waals surface area contributed by atoms with Crippen LogP contribution in [0.15, 0.2) is 29.2 Å². The highest BCUT2D eigenvalue weighted by Crippen LogP contribution is 2.54. The van der Waals surface area contributed by atoms with Gasteiger partial charge in [0.2, 0.25) is 0 Å². The molecule has 8 heteroatoms. The normalized spacial score (nSPS) is 20.5. The minimum Gasteiger partial charge on any atom is -0.493 e. The Morgan fingerprint density at radius 3 is 2.68 bits per heavy atom. The lowest BCUT2D eigenvalue weighted by atomic mass is 9.79. The zero-order valence-corrected chi connectivity index (χ0v) is 18.1. The molecule has 2 aromatic rings. The van der Waals surface area contributed by atoms with Crippen molar-refractivity contribution >= 4 is 5.97 Å². The molecule has 0 amide bonds. The van der Waals surface area contributed by atoms with Gasteiger partial charge in [-0.05, 0) is 31.5 Å². The Hall–Kier alpha value is -2.84. The van der Waals surface area contributed by atoms with Crippen LogP contribution in [0.4, 0.5) is 0 Å². The number of fused-ring (bicyclic) bond motifs is 6. The smallest absolute Gasteiger partial charge is 0.341 e. The van der Waals surface area contributed by atoms with E-state index in [1.165, 1.54) is 12.3 Å². The summed E-state index contributed by atoms with van der Waals surface area (Å²) in [7, 11) is 3.22. The van der Waals surface area contributed by atoms with Crippen molar-refractivity contribution in [3.05, 3.63) is 45.7 Å². The van der Waals surface area contributed by atoms with Gasteiger partial charge in [0.1, 0.15) is 5.56 Å². The summed E-state index contributed by atoms with van der Waals surface area (Å²) >= 11 is 0. The molecule has 0 spiro atoms. The number of hydrogen-bond donors (Lipinski definition) is 1. The van der Waals surface area contributed by atoms with Crippen LogP contribution in [0.3, 0.4) is 0 Å². The topological polar surface area (TPSA) is 96.2 Å². The molecule has 0 radical (unpaired) electrons. The predicted molar refractivity (Wildman–Crippen MR) is 113 cm³/mol. The van der Waals surface area contributed by atoms with E-state index in [0.29, 0.717) is 37.0 Å². The summed E-state index contributed by atoms with van der Waals surface area (Å²) in [6, 6.07) is 5.05. The maximum Gasteiger partial charge on any atom is 0.341 e. The van der Waals surface area contributed by atoms with E-state index in [-0.39, 0.29) is 17.5 Å². The summed E-state index contributed by atoms with van der Waals surface area (Å²) in [6.07, 6.45) is 2.19. The number of ether oxygens (including phenoxy) is 4. The average molecular weight is 429 g/mol. The number of hydrogen-bond acceptors (Lipinski definition) is 6. The number of aromatic nitrogens is 1. The third-order valence-corrected chi connectivity index (χ3v) is 6.10. The van der Waals surface area contributed by atoms with Crippen LogP contribution >= 0.6 is 0 Å². The second-order valence-corrected chi connectivity index (χ2v) is 8.40. The highest BCUT2D eigenvalue weighted by molar-refractivity contribution is 5.88. The van der Waals surface area contributed by atoms with Crippen LogP contribution in [0.25, 0.3) is 11.3 Å². The van der Waals surface area contributed by atoms with E-state index >= 15 is 0 Å². The zero-order chi connectivity index (χ0) is 22.3. The molecule has 31 heavy (non-hydrogen) atoms. The maximum atomic E-state index is 12.5. The molecule has 0 saturated carbocycles. The van der Waals surface area contributed by atoms with Gasteiger partial charge >= 0.3 is 5.97 Å². The maximum absolute atomic E-state index is 12.5. The van der Waals surface area contributed by atoms with Crippen LogP contribution in [0.2, 0.25) is 0 Å². The molecule has 2 aliphatic heterocycles. The molecule has 3 heterocycles. The lowest BCUT2D eigenvalue weighted by Crippen LogP contribution is -2.36. The molecule has 166 valence electrons. The third-order valence-electron chi connectivity index (χ3n) is 6.10. The van der Waals surface area contributed by atoms with Gasteiger partial charge in [-0.25, -0.2) is 4.79 Å². The van der Waals surface area contributed by atoms with Crippen LogP contribution in [-0.4, -0.2) is 55.3 Å². The van der Waals surface area contributed by atoms with Gasteiger partial charge in [-0.15, -0.1) is 0 Å². The van der Waals surface area contributed by atoms with E-state index in [2.05, 4.69) is 0 Å². The lowest BCUT2D eigenvalue weighted by molar-refractivity contribution is 0.0145. The van der Waals surface area contributed by atoms with Crippen LogP contribution in [0, 0.1) is 0 Å². The fraction of sp³-hybridized carbons (Fsp3) is 0.478. The van der Waals surface area contributed by atoms with Crippen molar-refractivity contribution in [3.8, 4) is 22.8 Å². The van der Waals surface area contributed by atoms with Gasteiger partial charge in [0.05, 0.1) is 37.7 Å². The second kappa shape index (κ2) is 8.01. The Labute approximate surface area is 180 Å². The van der Waals surface area contributed by atoms with Crippen LogP contribution in [-0.2, 0) is 9.47 Å². The molecular formula is C23H27NO7. The zero-order valence-electron chi connectivity index (χ0n) is 18.1. The van der Waals surface area contributed by atoms with Gasteiger partial charge in [-0.3, -0.25) is 4.79 Å². The number of nitrogens with zero attached hydrogens (tertiary/aromatic N) is 1. The lowest BCUT2D eigenvalue weighted by Gasteiger charge is -2.38. The largest absolute Gasteiger partial charge is 0.493 e. The van der Waals surface area contributed by atoms with Gasteiger partial charge in [0.25, 0.3) is 0 Å². The van der Waals surface area contributed by atoms with Crippen LogP contribution < -0.4 is 14.9 Å². The second-order valence-electron chi connectivity index (χ2n) is 8.40. The van der Waals surface area contributed by atoms with Gasteiger partial charge in [-0.2, -0.15) is 0 Å². The van der Waals surface area contributed by atoms with Crippen molar-refractivity contribution in [3.63, 3.8) is 0 Å². The minimum atomic E-state index is -1.24. The molecule has 8 nitrogen and oxygen atoms in total. The van der Waals surface area contributed by atoms with Crippen LogP contribution in [0.5, 0.6) is 11.5 Å². The fourth-order valence-corrected chi connectivity index (χ4v) is 4.67. The highest BCUT2D eigenvalue weighted by Gasteiger charge is 2.49. The molecule has 1 N–H and O–H groups in total. The Morgan fingerprint density at radius 2 is 2.00 bits per heavy atom. The van der Waals surface area contributed by atoms with Gasteiger partial charge in [0, 0.05) is 43.9 Å². The molecule has 0 bridgehead atoms. The Kier molecular flexibility index (Phi) is 5.53. The number of benzene rings is 1. The molecule has 0 aliphatic carbocycles. The summed E-state index contributed by atoms with van der Waals surface area (Å²) in [5, 5.41) is 9.48. The van der Waals surface area contributed by atoms with Crippen molar-refractivity contribution in [1.82, 2.24) is 4.57 Å². The first kappa shape index (κ1) is 21.4. The Morgan fingerprint density at radius 1 is 1.23 bits per heavy atom. The molecule has 1 unspecified atom stereocenters. The van der Waals surface area contributed by atoms with Crippen molar-refractivity contribution in [2.45, 2.75) is 37.8 Å². The SMILES string of the molecule is COCCCOc1cc2c(cc1OC)-c1cc(=O)c(C(=O)O)cn1C1[C@@H]2COC1(C)C. The van der Waals surface area contributed by atoms with Gasteiger partial charge < -0.3 is 28.6 Å². The van der Waals surface area contributed by atoms with Crippen molar-refractivity contribution in [2.75, 3.05) is 34.0 Å². The van der Waals surface area contributed by atoms with Gasteiger partial charge in [-0.1, -0.05) is 0 Å². The molecule has 1 saturated heterocycles. The number of rotatable bonds is 7.